The van der Waals surface area contributed by atoms with E-state index in [2.05, 4.69) is 36.2 Å². The van der Waals surface area contributed by atoms with E-state index < -0.39 is 9.84 Å². The van der Waals surface area contributed by atoms with Crippen molar-refractivity contribution in [3.8, 4) is 11.5 Å². The van der Waals surface area contributed by atoms with Crippen LogP contribution in [-0.4, -0.2) is 30.9 Å². The number of pyridine rings is 1. The highest BCUT2D eigenvalue weighted by atomic mass is 32.2. The third-order valence-electron chi connectivity index (χ3n) is 6.54. The average molecular weight is 542 g/mol. The molecular weight excluding hydrogens is 506 g/mol. The van der Waals surface area contributed by atoms with E-state index in [1.165, 1.54) is 11.1 Å². The average Bonchev–Trinajstić information content (AvgIpc) is 2.95. The molecular formula is C33H35NO4S. The summed E-state index contributed by atoms with van der Waals surface area (Å²) in [6.45, 7) is 2.69. The molecule has 0 aliphatic rings. The molecule has 0 aliphatic heterocycles. The quantitative estimate of drug-likeness (QED) is 0.142. The Labute approximate surface area is 231 Å². The number of hydrogen-bond acceptors (Lipinski definition) is 5. The summed E-state index contributed by atoms with van der Waals surface area (Å²) in [5.41, 5.74) is 6.23. The first kappa shape index (κ1) is 28.1. The molecule has 0 saturated carbocycles. The van der Waals surface area contributed by atoms with Gasteiger partial charge in [0.05, 0.1) is 23.8 Å². The number of phenolic OH excluding ortho intramolecular Hbond substituents is 1. The van der Waals surface area contributed by atoms with Crippen molar-refractivity contribution < 1.29 is 18.3 Å². The molecule has 0 aliphatic carbocycles. The number of phenols is 1. The Morgan fingerprint density at radius 1 is 0.769 bits per heavy atom. The summed E-state index contributed by atoms with van der Waals surface area (Å²) in [6.07, 6.45) is 4.65. The molecule has 39 heavy (non-hydrogen) atoms. The lowest BCUT2D eigenvalue weighted by molar-refractivity contribution is 0.306. The minimum Gasteiger partial charge on any atom is -0.508 e. The van der Waals surface area contributed by atoms with Gasteiger partial charge in [0.25, 0.3) is 0 Å². The minimum atomic E-state index is -3.16. The molecule has 1 heterocycles. The summed E-state index contributed by atoms with van der Waals surface area (Å²) in [5, 5.41) is 9.83. The number of aromatic nitrogens is 1. The van der Waals surface area contributed by atoms with Crippen molar-refractivity contribution in [1.82, 2.24) is 4.98 Å². The molecule has 6 heteroatoms. The molecule has 0 radical (unpaired) electrons. The molecule has 4 aromatic rings. The van der Waals surface area contributed by atoms with Crippen molar-refractivity contribution in [3.63, 3.8) is 0 Å². The number of rotatable bonds is 13. The fourth-order valence-electron chi connectivity index (χ4n) is 4.60. The van der Waals surface area contributed by atoms with Crippen LogP contribution in [-0.2, 0) is 15.6 Å². The van der Waals surface area contributed by atoms with Crippen LogP contribution in [0, 0.1) is 0 Å². The second-order valence-corrected chi connectivity index (χ2v) is 11.7. The molecule has 5 nitrogen and oxygen atoms in total. The molecule has 202 valence electrons. The monoisotopic (exact) mass is 541 g/mol. The fraction of sp³-hybridized carbons (Fsp3) is 0.242. The maximum Gasteiger partial charge on any atom is 0.156 e. The maximum atomic E-state index is 12.3. The third-order valence-corrected chi connectivity index (χ3v) is 8.19. The summed E-state index contributed by atoms with van der Waals surface area (Å²) in [5.74, 6) is 1.17. The lowest BCUT2D eigenvalue weighted by Gasteiger charge is -2.17. The number of sulfone groups is 1. The molecule has 1 aromatic heterocycles. The van der Waals surface area contributed by atoms with E-state index >= 15 is 0 Å². The molecule has 0 amide bonds. The number of unbranched alkanes of at least 4 members (excludes halogenated alkanes) is 2. The first-order valence-electron chi connectivity index (χ1n) is 13.4. The van der Waals surface area contributed by atoms with Gasteiger partial charge >= 0.3 is 0 Å². The molecule has 1 N–H and O–H groups in total. The molecule has 0 atom stereocenters. The third kappa shape index (κ3) is 8.29. The van der Waals surface area contributed by atoms with Crippen molar-refractivity contribution >= 4 is 21.0 Å². The van der Waals surface area contributed by atoms with Crippen LogP contribution in [0.1, 0.15) is 55.0 Å². The van der Waals surface area contributed by atoms with Gasteiger partial charge in [0.1, 0.15) is 11.5 Å². The number of aromatic hydroxyl groups is 1. The Hall–Kier alpha value is -3.90. The van der Waals surface area contributed by atoms with Gasteiger partial charge in [-0.1, -0.05) is 67.6 Å². The topological polar surface area (TPSA) is 76.5 Å². The van der Waals surface area contributed by atoms with E-state index in [9.17, 15) is 13.5 Å². The van der Waals surface area contributed by atoms with E-state index in [4.69, 9.17) is 4.74 Å². The molecule has 0 spiro atoms. The fourth-order valence-corrected chi connectivity index (χ4v) is 6.01. The summed E-state index contributed by atoms with van der Waals surface area (Å²) in [6, 6.07) is 31.1. The second-order valence-electron chi connectivity index (χ2n) is 9.47. The lowest BCUT2D eigenvalue weighted by atomic mass is 9.88. The van der Waals surface area contributed by atoms with Gasteiger partial charge in [-0.05, 0) is 89.9 Å². The van der Waals surface area contributed by atoms with Crippen LogP contribution >= 0.6 is 0 Å². The van der Waals surface area contributed by atoms with Crippen LogP contribution in [0.3, 0.4) is 0 Å². The predicted octanol–water partition coefficient (Wildman–Crippen LogP) is 7.32. The van der Waals surface area contributed by atoms with Crippen LogP contribution < -0.4 is 4.74 Å². The number of allylic oxidation sites excluding steroid dienone is 1. The van der Waals surface area contributed by atoms with E-state index in [0.29, 0.717) is 18.7 Å². The van der Waals surface area contributed by atoms with Crippen molar-refractivity contribution in [2.75, 3.05) is 12.4 Å². The van der Waals surface area contributed by atoms with Gasteiger partial charge in [-0.3, -0.25) is 4.98 Å². The van der Waals surface area contributed by atoms with Crippen molar-refractivity contribution in [1.29, 1.82) is 0 Å². The number of hydrogen-bond donors (Lipinski definition) is 1. The zero-order valence-electron chi connectivity index (χ0n) is 22.3. The highest BCUT2D eigenvalue weighted by Gasteiger charge is 2.14. The van der Waals surface area contributed by atoms with Gasteiger partial charge in [-0.2, -0.15) is 0 Å². The second kappa shape index (κ2) is 13.8. The Bertz CT molecular complexity index is 1450. The van der Waals surface area contributed by atoms with E-state index in [1.807, 2.05) is 42.5 Å². The Balaban J connectivity index is 1.36. The molecule has 0 fully saturated rings. The molecule has 4 rings (SSSR count). The molecule has 0 unspecified atom stereocenters. The predicted molar refractivity (Wildman–Crippen MR) is 158 cm³/mol. The Morgan fingerprint density at radius 3 is 2.08 bits per heavy atom. The molecule has 0 bridgehead atoms. The summed E-state index contributed by atoms with van der Waals surface area (Å²) >= 11 is 0. The standard InChI is InChI=1S/C33H35NO4S/c1-2-32(26-11-5-3-6-12-26)33(27-14-18-30(35)19-15-27)28-16-20-31(21-17-28)38-23-9-4-10-24-39(36,37)25-29-13-7-8-22-34-29/h3,5-8,11-22,35H,2,4,9-10,23-25H2,1H3/b33-32-. The highest BCUT2D eigenvalue weighted by Crippen LogP contribution is 2.35. The zero-order valence-corrected chi connectivity index (χ0v) is 23.1. The van der Waals surface area contributed by atoms with Crippen LogP contribution in [0.25, 0.3) is 11.1 Å². The van der Waals surface area contributed by atoms with Crippen molar-refractivity contribution in [3.05, 3.63) is 126 Å². The SMILES string of the molecule is CC/C(=C(\c1ccc(O)cc1)c1ccc(OCCCCCS(=O)(=O)Cc2ccccn2)cc1)c1ccccc1. The van der Waals surface area contributed by atoms with Gasteiger partial charge in [0.15, 0.2) is 9.84 Å². The summed E-state index contributed by atoms with van der Waals surface area (Å²) in [4.78, 5) is 4.11. The van der Waals surface area contributed by atoms with Gasteiger partial charge in [0, 0.05) is 6.20 Å². The smallest absolute Gasteiger partial charge is 0.156 e. The first-order valence-corrected chi connectivity index (χ1v) is 15.2. The largest absolute Gasteiger partial charge is 0.508 e. The highest BCUT2D eigenvalue weighted by molar-refractivity contribution is 7.90. The van der Waals surface area contributed by atoms with E-state index in [0.717, 1.165) is 41.7 Å². The first-order chi connectivity index (χ1) is 18.9. The Morgan fingerprint density at radius 2 is 1.44 bits per heavy atom. The van der Waals surface area contributed by atoms with Gasteiger partial charge in [-0.25, -0.2) is 8.42 Å². The van der Waals surface area contributed by atoms with Gasteiger partial charge in [-0.15, -0.1) is 0 Å². The zero-order chi connectivity index (χ0) is 27.5. The lowest BCUT2D eigenvalue weighted by Crippen LogP contribution is -2.10. The normalized spacial score (nSPS) is 12.1. The number of nitrogens with zero attached hydrogens (tertiary/aromatic N) is 1. The maximum absolute atomic E-state index is 12.3. The van der Waals surface area contributed by atoms with Gasteiger partial charge in [0.2, 0.25) is 0 Å². The molecule has 3 aromatic carbocycles. The van der Waals surface area contributed by atoms with Crippen molar-refractivity contribution in [2.24, 2.45) is 0 Å². The van der Waals surface area contributed by atoms with Crippen LogP contribution in [0.5, 0.6) is 11.5 Å². The number of ether oxygens (including phenoxy) is 1. The Kier molecular flexibility index (Phi) is 9.92. The van der Waals surface area contributed by atoms with Gasteiger partial charge < -0.3 is 9.84 Å². The minimum absolute atomic E-state index is 0.0126. The summed E-state index contributed by atoms with van der Waals surface area (Å²) < 4.78 is 30.6. The van der Waals surface area contributed by atoms with Crippen LogP contribution in [0.15, 0.2) is 103 Å². The summed E-state index contributed by atoms with van der Waals surface area (Å²) in [7, 11) is -3.16. The van der Waals surface area contributed by atoms with Crippen LogP contribution in [0.2, 0.25) is 0 Å². The van der Waals surface area contributed by atoms with E-state index in [1.54, 1.807) is 36.5 Å². The number of benzene rings is 3. The van der Waals surface area contributed by atoms with Crippen molar-refractivity contribution in [2.45, 2.75) is 38.4 Å². The molecule has 0 saturated heterocycles. The van der Waals surface area contributed by atoms with Crippen LogP contribution in [0.4, 0.5) is 0 Å². The van der Waals surface area contributed by atoms with E-state index in [-0.39, 0.29) is 17.3 Å².